The molecule has 2 aromatic rings. The molecule has 0 amide bonds. The molecule has 0 radical (unpaired) electrons. The van der Waals surface area contributed by atoms with Crippen LogP contribution in [-0.4, -0.2) is 41.8 Å². The highest BCUT2D eigenvalue weighted by atomic mass is 32.1. The molecular weight excluding hydrogens is 248 g/mol. The summed E-state index contributed by atoms with van der Waals surface area (Å²) >= 11 is 1.61. The third-order valence-corrected chi connectivity index (χ3v) is 3.58. The Kier molecular flexibility index (Phi) is 3.98. The highest BCUT2D eigenvalue weighted by Crippen LogP contribution is 2.28. The van der Waals surface area contributed by atoms with Gasteiger partial charge in [-0.05, 0) is 24.8 Å². The predicted molar refractivity (Wildman–Crippen MR) is 76.5 cm³/mol. The summed E-state index contributed by atoms with van der Waals surface area (Å²) in [5.41, 5.74) is 0. The minimum absolute atomic E-state index is 0.295. The van der Waals surface area contributed by atoms with Crippen molar-refractivity contribution in [1.82, 2.24) is 9.97 Å². The zero-order valence-corrected chi connectivity index (χ0v) is 11.7. The lowest BCUT2D eigenvalue weighted by atomic mass is 10.2. The van der Waals surface area contributed by atoms with Crippen LogP contribution in [0.2, 0.25) is 0 Å². The van der Waals surface area contributed by atoms with Crippen LogP contribution in [-0.2, 0) is 0 Å². The number of rotatable bonds is 5. The molecular formula is C12H18N4OS. The molecule has 98 valence electrons. The Balaban J connectivity index is 2.32. The maximum absolute atomic E-state index is 9.35. The van der Waals surface area contributed by atoms with Crippen LogP contribution in [0, 0.1) is 0 Å². The van der Waals surface area contributed by atoms with Crippen molar-refractivity contribution in [3.05, 3.63) is 11.4 Å². The summed E-state index contributed by atoms with van der Waals surface area (Å²) in [5.74, 6) is 1.54. The van der Waals surface area contributed by atoms with E-state index in [4.69, 9.17) is 0 Å². The molecule has 0 bridgehead atoms. The first-order valence-corrected chi connectivity index (χ1v) is 6.82. The van der Waals surface area contributed by atoms with Crippen LogP contribution >= 0.6 is 11.3 Å². The molecule has 0 saturated heterocycles. The molecule has 0 saturated carbocycles. The largest absolute Gasteiger partial charge is 0.393 e. The van der Waals surface area contributed by atoms with Crippen molar-refractivity contribution in [3.8, 4) is 0 Å². The molecule has 6 heteroatoms. The number of aliphatic hydroxyl groups is 1. The number of aromatic nitrogens is 2. The van der Waals surface area contributed by atoms with Crippen molar-refractivity contribution < 1.29 is 5.11 Å². The number of nitrogens with zero attached hydrogens (tertiary/aromatic N) is 3. The van der Waals surface area contributed by atoms with Gasteiger partial charge in [0.05, 0.1) is 11.5 Å². The van der Waals surface area contributed by atoms with Gasteiger partial charge in [-0.15, -0.1) is 11.3 Å². The Bertz CT molecular complexity index is 526. The smallest absolute Gasteiger partial charge is 0.225 e. The minimum Gasteiger partial charge on any atom is -0.393 e. The maximum atomic E-state index is 9.35. The third kappa shape index (κ3) is 2.70. The fourth-order valence-corrected chi connectivity index (χ4v) is 2.49. The van der Waals surface area contributed by atoms with Crippen LogP contribution in [0.3, 0.4) is 0 Å². The van der Waals surface area contributed by atoms with Gasteiger partial charge in [-0.2, -0.15) is 4.98 Å². The van der Waals surface area contributed by atoms with E-state index in [0.29, 0.717) is 5.95 Å². The van der Waals surface area contributed by atoms with Crippen molar-refractivity contribution in [2.75, 3.05) is 30.9 Å². The molecule has 0 fully saturated rings. The predicted octanol–water partition coefficient (Wildman–Crippen LogP) is 1.94. The summed E-state index contributed by atoms with van der Waals surface area (Å²) in [6.45, 7) is 2.57. The van der Waals surface area contributed by atoms with Crippen LogP contribution in [0.4, 0.5) is 11.8 Å². The zero-order valence-electron chi connectivity index (χ0n) is 10.8. The highest BCUT2D eigenvalue weighted by molar-refractivity contribution is 7.16. The molecule has 1 unspecified atom stereocenters. The van der Waals surface area contributed by atoms with Gasteiger partial charge in [0.2, 0.25) is 5.95 Å². The standard InChI is InChI=1S/C12H18N4OS/c1-8(17)4-6-16(3)10-9-5-7-18-11(9)15-12(13-2)14-10/h5,7-8,17H,4,6H2,1-3H3,(H,13,14,15). The number of hydrogen-bond donors (Lipinski definition) is 2. The quantitative estimate of drug-likeness (QED) is 0.866. The molecule has 0 spiro atoms. The first-order valence-electron chi connectivity index (χ1n) is 5.94. The lowest BCUT2D eigenvalue weighted by Gasteiger charge is -2.20. The highest BCUT2D eigenvalue weighted by Gasteiger charge is 2.12. The molecule has 0 aromatic carbocycles. The van der Waals surface area contributed by atoms with E-state index in [9.17, 15) is 5.11 Å². The van der Waals surface area contributed by atoms with Crippen molar-refractivity contribution in [2.24, 2.45) is 0 Å². The Labute approximate surface area is 110 Å². The van der Waals surface area contributed by atoms with Crippen molar-refractivity contribution in [1.29, 1.82) is 0 Å². The van der Waals surface area contributed by atoms with Gasteiger partial charge >= 0.3 is 0 Å². The molecule has 0 aliphatic rings. The molecule has 1 atom stereocenters. The number of thiophene rings is 1. The van der Waals surface area contributed by atoms with Crippen LogP contribution in [0.5, 0.6) is 0 Å². The van der Waals surface area contributed by atoms with E-state index in [-0.39, 0.29) is 6.10 Å². The Morgan fingerprint density at radius 3 is 2.94 bits per heavy atom. The number of fused-ring (bicyclic) bond motifs is 1. The van der Waals surface area contributed by atoms with Gasteiger partial charge in [-0.3, -0.25) is 0 Å². The fraction of sp³-hybridized carbons (Fsp3) is 0.500. The van der Waals surface area contributed by atoms with Gasteiger partial charge in [0, 0.05) is 20.6 Å². The van der Waals surface area contributed by atoms with Crippen molar-refractivity contribution in [3.63, 3.8) is 0 Å². The molecule has 0 aliphatic heterocycles. The van der Waals surface area contributed by atoms with Crippen molar-refractivity contribution >= 4 is 33.3 Å². The summed E-state index contributed by atoms with van der Waals surface area (Å²) in [4.78, 5) is 12.0. The zero-order chi connectivity index (χ0) is 13.1. The van der Waals surface area contributed by atoms with Crippen molar-refractivity contribution in [2.45, 2.75) is 19.4 Å². The second-order valence-corrected chi connectivity index (χ2v) is 5.21. The number of nitrogens with one attached hydrogen (secondary N) is 1. The Hall–Kier alpha value is -1.40. The lowest BCUT2D eigenvalue weighted by Crippen LogP contribution is -2.23. The monoisotopic (exact) mass is 266 g/mol. The SMILES string of the molecule is CNc1nc(N(C)CCC(C)O)c2ccsc2n1. The normalized spacial score (nSPS) is 12.7. The molecule has 2 aromatic heterocycles. The summed E-state index contributed by atoms with van der Waals surface area (Å²) in [6.07, 6.45) is 0.428. The van der Waals surface area contributed by atoms with Gasteiger partial charge in [-0.1, -0.05) is 0 Å². The minimum atomic E-state index is -0.295. The first-order chi connectivity index (χ1) is 8.61. The number of aliphatic hydroxyl groups excluding tert-OH is 1. The Morgan fingerprint density at radius 2 is 2.28 bits per heavy atom. The molecule has 18 heavy (non-hydrogen) atoms. The second-order valence-electron chi connectivity index (χ2n) is 4.32. The van der Waals surface area contributed by atoms with E-state index in [2.05, 4.69) is 20.2 Å². The molecule has 5 nitrogen and oxygen atoms in total. The van der Waals surface area contributed by atoms with Crippen LogP contribution < -0.4 is 10.2 Å². The van der Waals surface area contributed by atoms with Crippen LogP contribution in [0.1, 0.15) is 13.3 Å². The lowest BCUT2D eigenvalue weighted by molar-refractivity contribution is 0.187. The average Bonchev–Trinajstić information content (AvgIpc) is 2.82. The van der Waals surface area contributed by atoms with E-state index in [1.165, 1.54) is 0 Å². The molecule has 0 aliphatic carbocycles. The van der Waals surface area contributed by atoms with Gasteiger partial charge in [-0.25, -0.2) is 4.98 Å². The number of anilines is 2. The first kappa shape index (κ1) is 13.0. The van der Waals surface area contributed by atoms with Gasteiger partial charge in [0.25, 0.3) is 0 Å². The van der Waals surface area contributed by atoms with E-state index in [1.807, 2.05) is 25.5 Å². The van der Waals surface area contributed by atoms with Gasteiger partial charge in [0.15, 0.2) is 0 Å². The summed E-state index contributed by atoms with van der Waals surface area (Å²) < 4.78 is 0. The topological polar surface area (TPSA) is 61.3 Å². The molecule has 2 N–H and O–H groups in total. The molecule has 2 heterocycles. The summed E-state index contributed by atoms with van der Waals surface area (Å²) in [5, 5.41) is 15.4. The second kappa shape index (κ2) is 5.49. The summed E-state index contributed by atoms with van der Waals surface area (Å²) in [6, 6.07) is 2.04. The van der Waals surface area contributed by atoms with Gasteiger partial charge in [0.1, 0.15) is 10.6 Å². The van der Waals surface area contributed by atoms with Gasteiger partial charge < -0.3 is 15.3 Å². The van der Waals surface area contributed by atoms with E-state index < -0.39 is 0 Å². The molecule has 2 rings (SSSR count). The summed E-state index contributed by atoms with van der Waals surface area (Å²) in [7, 11) is 3.80. The van der Waals surface area contributed by atoms with E-state index in [1.54, 1.807) is 18.3 Å². The van der Waals surface area contributed by atoms with E-state index >= 15 is 0 Å². The average molecular weight is 266 g/mol. The van der Waals surface area contributed by atoms with Crippen LogP contribution in [0.25, 0.3) is 10.2 Å². The Morgan fingerprint density at radius 1 is 1.50 bits per heavy atom. The third-order valence-electron chi connectivity index (χ3n) is 2.77. The van der Waals surface area contributed by atoms with E-state index in [0.717, 1.165) is 29.0 Å². The number of hydrogen-bond acceptors (Lipinski definition) is 6. The fourth-order valence-electron chi connectivity index (χ4n) is 1.73. The maximum Gasteiger partial charge on any atom is 0.225 e. The van der Waals surface area contributed by atoms with Crippen LogP contribution in [0.15, 0.2) is 11.4 Å².